The number of hydrogen-bond donors (Lipinski definition) is 1. The summed E-state index contributed by atoms with van der Waals surface area (Å²) in [5.74, 6) is -5.16. The van der Waals surface area contributed by atoms with Crippen molar-refractivity contribution in [1.82, 2.24) is 0 Å². The second kappa shape index (κ2) is 4.09. The van der Waals surface area contributed by atoms with Crippen LogP contribution in [0.5, 0.6) is 0 Å². The van der Waals surface area contributed by atoms with Crippen LogP contribution in [0, 0.1) is 5.92 Å². The number of alkyl halides is 2. The molecule has 0 aromatic heterocycles. The van der Waals surface area contributed by atoms with Gasteiger partial charge in [0.25, 0.3) is 5.92 Å². The van der Waals surface area contributed by atoms with Gasteiger partial charge < -0.3 is 5.11 Å². The van der Waals surface area contributed by atoms with Crippen LogP contribution in [0.15, 0.2) is 24.3 Å². The van der Waals surface area contributed by atoms with E-state index < -0.39 is 23.7 Å². The van der Waals surface area contributed by atoms with Crippen molar-refractivity contribution in [1.29, 1.82) is 0 Å². The van der Waals surface area contributed by atoms with E-state index in [2.05, 4.69) is 0 Å². The van der Waals surface area contributed by atoms with Crippen molar-refractivity contribution in [3.8, 4) is 0 Å². The van der Waals surface area contributed by atoms with E-state index in [9.17, 15) is 13.6 Å². The highest BCUT2D eigenvalue weighted by Crippen LogP contribution is 2.49. The van der Waals surface area contributed by atoms with E-state index in [1.54, 1.807) is 6.07 Å². The minimum absolute atomic E-state index is 0.0643. The highest BCUT2D eigenvalue weighted by Gasteiger charge is 2.47. The van der Waals surface area contributed by atoms with Crippen molar-refractivity contribution in [3.05, 3.63) is 35.4 Å². The Balaban J connectivity index is 2.31. The van der Waals surface area contributed by atoms with Gasteiger partial charge in [-0.15, -0.1) is 0 Å². The number of halogens is 2. The van der Waals surface area contributed by atoms with E-state index in [1.807, 2.05) is 0 Å². The summed E-state index contributed by atoms with van der Waals surface area (Å²) in [6.07, 6.45) is 1.09. The molecule has 1 atom stereocenters. The summed E-state index contributed by atoms with van der Waals surface area (Å²) in [6.45, 7) is 1.50. The average molecular weight is 240 g/mol. The first-order valence-electron chi connectivity index (χ1n) is 5.64. The van der Waals surface area contributed by atoms with Crippen LogP contribution in [0.1, 0.15) is 36.8 Å². The fourth-order valence-corrected chi connectivity index (χ4v) is 1.84. The first-order valence-corrected chi connectivity index (χ1v) is 5.64. The van der Waals surface area contributed by atoms with Crippen LogP contribution >= 0.6 is 0 Å². The first kappa shape index (κ1) is 12.0. The van der Waals surface area contributed by atoms with Gasteiger partial charge in [-0.25, -0.2) is 8.78 Å². The number of carboxylic acids is 1. The normalized spacial score (nSPS) is 17.8. The summed E-state index contributed by atoms with van der Waals surface area (Å²) in [5, 5.41) is 8.86. The van der Waals surface area contributed by atoms with Crippen molar-refractivity contribution in [2.75, 3.05) is 0 Å². The molecule has 0 saturated heterocycles. The van der Waals surface area contributed by atoms with Gasteiger partial charge in [-0.05, 0) is 31.4 Å². The highest BCUT2D eigenvalue weighted by atomic mass is 19.3. The summed E-state index contributed by atoms with van der Waals surface area (Å²) < 4.78 is 27.7. The zero-order valence-corrected chi connectivity index (χ0v) is 9.49. The summed E-state index contributed by atoms with van der Waals surface area (Å²) >= 11 is 0. The predicted octanol–water partition coefficient (Wildman–Crippen LogP) is 3.38. The fourth-order valence-electron chi connectivity index (χ4n) is 1.84. The molecule has 2 nitrogen and oxygen atoms in total. The zero-order chi connectivity index (χ0) is 12.6. The van der Waals surface area contributed by atoms with Crippen molar-refractivity contribution >= 4 is 5.97 Å². The molecule has 2 rings (SSSR count). The van der Waals surface area contributed by atoms with Crippen molar-refractivity contribution in [3.63, 3.8) is 0 Å². The molecule has 1 aliphatic rings. The summed E-state index contributed by atoms with van der Waals surface area (Å²) in [7, 11) is 0. The smallest absolute Gasteiger partial charge is 0.310 e. The summed E-state index contributed by atoms with van der Waals surface area (Å²) in [6, 6.07) is 5.76. The van der Waals surface area contributed by atoms with E-state index in [0.29, 0.717) is 18.4 Å². The SMILES string of the molecule is CC(C(=O)O)c1cccc(C(F)(F)C2CC2)c1. The minimum atomic E-state index is -2.83. The second-order valence-electron chi connectivity index (χ2n) is 4.58. The molecule has 17 heavy (non-hydrogen) atoms. The van der Waals surface area contributed by atoms with Crippen molar-refractivity contribution in [2.24, 2.45) is 5.92 Å². The van der Waals surface area contributed by atoms with Crippen LogP contribution < -0.4 is 0 Å². The van der Waals surface area contributed by atoms with Gasteiger partial charge in [-0.3, -0.25) is 4.79 Å². The van der Waals surface area contributed by atoms with E-state index >= 15 is 0 Å². The van der Waals surface area contributed by atoms with Gasteiger partial charge in [-0.1, -0.05) is 18.2 Å². The molecule has 1 fully saturated rings. The van der Waals surface area contributed by atoms with Gasteiger partial charge >= 0.3 is 5.97 Å². The number of carbonyl (C=O) groups is 1. The Morgan fingerprint density at radius 2 is 2.12 bits per heavy atom. The van der Waals surface area contributed by atoms with E-state index in [4.69, 9.17) is 5.11 Å². The maximum Gasteiger partial charge on any atom is 0.310 e. The Kier molecular flexibility index (Phi) is 2.89. The molecule has 1 aromatic carbocycles. The molecule has 1 saturated carbocycles. The zero-order valence-electron chi connectivity index (χ0n) is 9.49. The molecule has 1 aromatic rings. The van der Waals surface area contributed by atoms with Crippen LogP contribution in [-0.4, -0.2) is 11.1 Å². The lowest BCUT2D eigenvalue weighted by atomic mass is 9.95. The molecule has 0 radical (unpaired) electrons. The molecule has 0 spiro atoms. The first-order chi connectivity index (χ1) is 7.93. The largest absolute Gasteiger partial charge is 0.481 e. The quantitative estimate of drug-likeness (QED) is 0.876. The number of aliphatic carboxylic acids is 1. The van der Waals surface area contributed by atoms with Crippen LogP contribution in [0.4, 0.5) is 8.78 Å². The van der Waals surface area contributed by atoms with E-state index in [0.717, 1.165) is 0 Å². The number of carboxylic acid groups (broad SMARTS) is 1. The van der Waals surface area contributed by atoms with Gasteiger partial charge in [0.2, 0.25) is 0 Å². The Morgan fingerprint density at radius 3 is 2.65 bits per heavy atom. The molecule has 1 N–H and O–H groups in total. The topological polar surface area (TPSA) is 37.3 Å². The van der Waals surface area contributed by atoms with Crippen LogP contribution in [0.25, 0.3) is 0 Å². The third-order valence-corrected chi connectivity index (χ3v) is 3.23. The monoisotopic (exact) mass is 240 g/mol. The standard InChI is InChI=1S/C13H14F2O2/c1-8(12(16)17)9-3-2-4-11(7-9)13(14,15)10-5-6-10/h2-4,7-8,10H,5-6H2,1H3,(H,16,17). The lowest BCUT2D eigenvalue weighted by Crippen LogP contribution is -2.17. The van der Waals surface area contributed by atoms with Crippen LogP contribution in [0.3, 0.4) is 0 Å². The lowest BCUT2D eigenvalue weighted by Gasteiger charge is -2.17. The molecule has 0 amide bonds. The maximum absolute atomic E-state index is 13.8. The molecule has 1 aliphatic carbocycles. The third kappa shape index (κ3) is 2.30. The maximum atomic E-state index is 13.8. The third-order valence-electron chi connectivity index (χ3n) is 3.23. The van der Waals surface area contributed by atoms with Crippen molar-refractivity contribution in [2.45, 2.75) is 31.6 Å². The number of hydrogen-bond acceptors (Lipinski definition) is 1. The predicted molar refractivity (Wildman–Crippen MR) is 59.1 cm³/mol. The van der Waals surface area contributed by atoms with Gasteiger partial charge in [0.15, 0.2) is 0 Å². The molecule has 0 bridgehead atoms. The molecule has 0 heterocycles. The Hall–Kier alpha value is -1.45. The Bertz CT molecular complexity index is 439. The van der Waals surface area contributed by atoms with Gasteiger partial charge in [0.1, 0.15) is 0 Å². The Morgan fingerprint density at radius 1 is 1.47 bits per heavy atom. The van der Waals surface area contributed by atoms with Crippen molar-refractivity contribution < 1.29 is 18.7 Å². The Labute approximate surface area is 98.3 Å². The molecule has 4 heteroatoms. The lowest BCUT2D eigenvalue weighted by molar-refractivity contribution is -0.138. The molecular weight excluding hydrogens is 226 g/mol. The van der Waals surface area contributed by atoms with E-state index in [1.165, 1.54) is 25.1 Å². The number of rotatable bonds is 4. The van der Waals surface area contributed by atoms with Gasteiger partial charge in [0, 0.05) is 11.5 Å². The van der Waals surface area contributed by atoms with Crippen LogP contribution in [0.2, 0.25) is 0 Å². The minimum Gasteiger partial charge on any atom is -0.481 e. The molecular formula is C13H14F2O2. The highest BCUT2D eigenvalue weighted by molar-refractivity contribution is 5.75. The second-order valence-corrected chi connectivity index (χ2v) is 4.58. The van der Waals surface area contributed by atoms with Crippen LogP contribution in [-0.2, 0) is 10.7 Å². The molecule has 1 unspecified atom stereocenters. The van der Waals surface area contributed by atoms with Gasteiger partial charge in [-0.2, -0.15) is 0 Å². The molecule has 0 aliphatic heterocycles. The average Bonchev–Trinajstić information content (AvgIpc) is 3.12. The number of benzene rings is 1. The summed E-state index contributed by atoms with van der Waals surface area (Å²) in [4.78, 5) is 10.8. The van der Waals surface area contributed by atoms with E-state index in [-0.39, 0.29) is 5.56 Å². The molecule has 92 valence electrons. The fraction of sp³-hybridized carbons (Fsp3) is 0.462. The van der Waals surface area contributed by atoms with Gasteiger partial charge in [0.05, 0.1) is 5.92 Å². The summed E-state index contributed by atoms with van der Waals surface area (Å²) in [5.41, 5.74) is 0.362.